The number of carbonyl (C=O) groups is 1. The van der Waals surface area contributed by atoms with Crippen LogP contribution < -0.4 is 10.2 Å². The van der Waals surface area contributed by atoms with E-state index in [1.54, 1.807) is 7.11 Å². The Kier molecular flexibility index (Phi) is 4.16. The molecule has 0 fully saturated rings. The number of methoxy groups -OCH3 is 1. The summed E-state index contributed by atoms with van der Waals surface area (Å²) in [4.78, 5) is 15.8. The van der Waals surface area contributed by atoms with Gasteiger partial charge >= 0.3 is 5.97 Å². The number of nitrogens with zero attached hydrogens (tertiary/aromatic N) is 1. The third-order valence-electron chi connectivity index (χ3n) is 3.23. The van der Waals surface area contributed by atoms with Crippen LogP contribution >= 0.6 is 0 Å². The van der Waals surface area contributed by atoms with Gasteiger partial charge in [0.25, 0.3) is 0 Å². The van der Waals surface area contributed by atoms with Crippen molar-refractivity contribution in [2.75, 3.05) is 12.6 Å². The van der Waals surface area contributed by atoms with Crippen molar-refractivity contribution in [2.24, 2.45) is 0 Å². The molecule has 0 aliphatic heterocycles. The average Bonchev–Trinajstić information content (AvgIpc) is 2.77. The molecule has 1 heterocycles. The number of ether oxygens (including phenoxy) is 1. The first-order valence-corrected chi connectivity index (χ1v) is 6.58. The van der Waals surface area contributed by atoms with Gasteiger partial charge < -0.3 is 9.57 Å². The maximum Gasteiger partial charge on any atom is 0.329 e. The number of nitrogens with one attached hydrogen (secondary N) is 2. The molecule has 21 heavy (non-hydrogen) atoms. The third-order valence-corrected chi connectivity index (χ3v) is 3.23. The monoisotopic (exact) mass is 289 g/mol. The van der Waals surface area contributed by atoms with E-state index >= 15 is 0 Å². The minimum Gasteiger partial charge on any atom is -0.497 e. The lowest BCUT2D eigenvalue weighted by Crippen LogP contribution is -2.07. The van der Waals surface area contributed by atoms with Gasteiger partial charge in [-0.1, -0.05) is 0 Å². The molecule has 0 atom stereocenters. The minimum absolute atomic E-state index is 0.426. The molecule has 0 saturated heterocycles. The number of anilines is 1. The Balaban J connectivity index is 2.51. The lowest BCUT2D eigenvalue weighted by Gasteiger charge is -2.13. The lowest BCUT2D eigenvalue weighted by atomic mass is 9.95. The minimum atomic E-state index is -0.426. The van der Waals surface area contributed by atoms with Crippen molar-refractivity contribution < 1.29 is 14.4 Å². The van der Waals surface area contributed by atoms with Crippen molar-refractivity contribution in [3.63, 3.8) is 0 Å². The fourth-order valence-electron chi connectivity index (χ4n) is 2.37. The van der Waals surface area contributed by atoms with Gasteiger partial charge in [-0.05, 0) is 49.6 Å². The second-order valence-electron chi connectivity index (χ2n) is 4.90. The summed E-state index contributed by atoms with van der Waals surface area (Å²) in [6.07, 6.45) is 0. The highest BCUT2D eigenvalue weighted by Gasteiger charge is 2.18. The smallest absolute Gasteiger partial charge is 0.329 e. The number of carbonyl (C=O) groups excluding carboxylic acids is 1. The number of benzene rings is 1. The molecule has 0 aliphatic rings. The van der Waals surface area contributed by atoms with Gasteiger partial charge in [-0.2, -0.15) is 10.6 Å². The van der Waals surface area contributed by atoms with Gasteiger partial charge in [-0.25, -0.2) is 0 Å². The number of aryl methyl sites for hydroxylation is 3. The lowest BCUT2D eigenvalue weighted by molar-refractivity contribution is -0.138. The first-order chi connectivity index (χ1) is 9.93. The number of aromatic amines is 1. The van der Waals surface area contributed by atoms with Crippen molar-refractivity contribution in [1.29, 1.82) is 0 Å². The second-order valence-corrected chi connectivity index (χ2v) is 4.90. The van der Waals surface area contributed by atoms with Crippen molar-refractivity contribution in [3.8, 4) is 16.9 Å². The van der Waals surface area contributed by atoms with Crippen LogP contribution in [0, 0.1) is 20.8 Å². The third kappa shape index (κ3) is 2.99. The van der Waals surface area contributed by atoms with E-state index in [1.807, 2.05) is 32.9 Å². The highest BCUT2D eigenvalue weighted by atomic mass is 16.7. The van der Waals surface area contributed by atoms with E-state index in [4.69, 9.17) is 9.57 Å². The summed E-state index contributed by atoms with van der Waals surface area (Å²) >= 11 is 0. The fraction of sp³-hybridized carbons (Fsp3) is 0.333. The predicted molar refractivity (Wildman–Crippen MR) is 80.2 cm³/mol. The van der Waals surface area contributed by atoms with Gasteiger partial charge in [-0.3, -0.25) is 9.89 Å². The quantitative estimate of drug-likeness (QED) is 0.846. The molecular weight excluding hydrogens is 270 g/mol. The van der Waals surface area contributed by atoms with Crippen LogP contribution in [0.15, 0.2) is 12.1 Å². The zero-order chi connectivity index (χ0) is 15.6. The average molecular weight is 289 g/mol. The summed E-state index contributed by atoms with van der Waals surface area (Å²) in [5, 5.41) is 7.05. The van der Waals surface area contributed by atoms with Crippen LogP contribution in [0.3, 0.4) is 0 Å². The molecule has 0 radical (unpaired) electrons. The molecule has 2 rings (SSSR count). The standard InChI is InChI=1S/C15H19N3O3/c1-8-6-12(20-5)7-9(2)13(8)14-10(3)16-17-15(14)18-21-11(4)19/h6-7H,1-5H3,(H2,16,17,18). The molecule has 0 spiro atoms. The van der Waals surface area contributed by atoms with Gasteiger partial charge in [0.1, 0.15) is 5.75 Å². The Morgan fingerprint density at radius 2 is 1.81 bits per heavy atom. The topological polar surface area (TPSA) is 76.2 Å². The second kappa shape index (κ2) is 5.87. The van der Waals surface area contributed by atoms with Crippen LogP contribution in [0.4, 0.5) is 5.82 Å². The van der Waals surface area contributed by atoms with Crippen molar-refractivity contribution >= 4 is 11.8 Å². The zero-order valence-electron chi connectivity index (χ0n) is 12.8. The molecule has 0 saturated carbocycles. The molecule has 0 aliphatic carbocycles. The van der Waals surface area contributed by atoms with Crippen molar-refractivity contribution in [3.05, 3.63) is 29.0 Å². The normalized spacial score (nSPS) is 10.3. The molecule has 6 nitrogen and oxygen atoms in total. The first kappa shape index (κ1) is 14.9. The van der Waals surface area contributed by atoms with Gasteiger partial charge in [0, 0.05) is 12.6 Å². The van der Waals surface area contributed by atoms with Crippen LogP contribution in [-0.4, -0.2) is 23.3 Å². The Bertz CT molecular complexity index is 654. The van der Waals surface area contributed by atoms with Crippen LogP contribution in [-0.2, 0) is 9.63 Å². The fourth-order valence-corrected chi connectivity index (χ4v) is 2.37. The number of rotatable bonds is 4. The Labute approximate surface area is 123 Å². The van der Waals surface area contributed by atoms with Gasteiger partial charge in [0.15, 0.2) is 5.82 Å². The number of hydrogen-bond donors (Lipinski definition) is 2. The molecule has 2 N–H and O–H groups in total. The summed E-state index contributed by atoms with van der Waals surface area (Å²) in [5.41, 5.74) is 7.52. The van der Waals surface area contributed by atoms with Crippen molar-refractivity contribution in [1.82, 2.24) is 10.2 Å². The number of H-pyrrole nitrogens is 1. The summed E-state index contributed by atoms with van der Waals surface area (Å²) < 4.78 is 5.28. The summed E-state index contributed by atoms with van der Waals surface area (Å²) in [6.45, 7) is 7.26. The van der Waals surface area contributed by atoms with Crippen LogP contribution in [0.25, 0.3) is 11.1 Å². The van der Waals surface area contributed by atoms with Crippen LogP contribution in [0.5, 0.6) is 5.75 Å². The largest absolute Gasteiger partial charge is 0.497 e. The highest BCUT2D eigenvalue weighted by molar-refractivity contribution is 5.82. The first-order valence-electron chi connectivity index (χ1n) is 6.58. The molecule has 112 valence electrons. The number of hydrogen-bond acceptors (Lipinski definition) is 5. The van der Waals surface area contributed by atoms with Gasteiger partial charge in [-0.15, -0.1) is 0 Å². The van der Waals surface area contributed by atoms with E-state index in [-0.39, 0.29) is 0 Å². The van der Waals surface area contributed by atoms with Gasteiger partial charge in [0.05, 0.1) is 12.7 Å². The molecular formula is C15H19N3O3. The van der Waals surface area contributed by atoms with E-state index in [0.717, 1.165) is 33.7 Å². The molecule has 2 aromatic rings. The van der Waals surface area contributed by atoms with Crippen molar-refractivity contribution in [2.45, 2.75) is 27.7 Å². The summed E-state index contributed by atoms with van der Waals surface area (Å²) in [5.74, 6) is 0.869. The molecule has 1 aromatic carbocycles. The Morgan fingerprint density at radius 1 is 1.19 bits per heavy atom. The van der Waals surface area contributed by atoms with E-state index in [1.165, 1.54) is 6.92 Å². The van der Waals surface area contributed by atoms with Crippen LogP contribution in [0.1, 0.15) is 23.7 Å². The van der Waals surface area contributed by atoms with E-state index in [2.05, 4.69) is 15.7 Å². The number of aromatic nitrogens is 2. The summed E-state index contributed by atoms with van der Waals surface area (Å²) in [7, 11) is 1.64. The van der Waals surface area contributed by atoms with E-state index in [0.29, 0.717) is 5.82 Å². The molecule has 1 aromatic heterocycles. The molecule has 0 bridgehead atoms. The molecule has 0 amide bonds. The maximum absolute atomic E-state index is 10.9. The van der Waals surface area contributed by atoms with Crippen LogP contribution in [0.2, 0.25) is 0 Å². The predicted octanol–water partition coefficient (Wildman–Crippen LogP) is 2.90. The SMILES string of the molecule is COc1cc(C)c(-c2c(NOC(C)=O)n[nH]c2C)c(C)c1. The van der Waals surface area contributed by atoms with E-state index < -0.39 is 5.97 Å². The zero-order valence-corrected chi connectivity index (χ0v) is 12.8. The molecule has 0 unspecified atom stereocenters. The van der Waals surface area contributed by atoms with Gasteiger partial charge in [0.2, 0.25) is 0 Å². The maximum atomic E-state index is 10.9. The van der Waals surface area contributed by atoms with E-state index in [9.17, 15) is 4.79 Å². The highest BCUT2D eigenvalue weighted by Crippen LogP contribution is 2.36. The Hall–Kier alpha value is -2.50. The molecule has 6 heteroatoms. The Morgan fingerprint density at radius 3 is 2.33 bits per heavy atom. The summed E-state index contributed by atoms with van der Waals surface area (Å²) in [6, 6.07) is 3.93.